The Bertz CT molecular complexity index is 390. The van der Waals surface area contributed by atoms with E-state index < -0.39 is 0 Å². The molecule has 0 heterocycles. The maximum absolute atomic E-state index is 14.0. The predicted molar refractivity (Wildman–Crippen MR) is 71.4 cm³/mol. The van der Waals surface area contributed by atoms with E-state index in [0.29, 0.717) is 11.3 Å². The third-order valence-corrected chi connectivity index (χ3v) is 3.49. The Morgan fingerprint density at radius 2 is 2.22 bits per heavy atom. The van der Waals surface area contributed by atoms with E-state index in [1.54, 1.807) is 6.07 Å². The van der Waals surface area contributed by atoms with Crippen molar-refractivity contribution in [2.45, 2.75) is 51.7 Å². The van der Waals surface area contributed by atoms with E-state index in [4.69, 9.17) is 4.74 Å². The Kier molecular flexibility index (Phi) is 4.59. The molecule has 2 rings (SSSR count). The zero-order chi connectivity index (χ0) is 13.0. The fourth-order valence-corrected chi connectivity index (χ4v) is 2.17. The molecule has 1 saturated carbocycles. The van der Waals surface area contributed by atoms with E-state index in [2.05, 4.69) is 12.2 Å². The van der Waals surface area contributed by atoms with E-state index in [-0.39, 0.29) is 18.0 Å². The number of benzene rings is 1. The molecule has 1 aliphatic rings. The Morgan fingerprint density at radius 3 is 2.83 bits per heavy atom. The molecule has 1 aliphatic carbocycles. The van der Waals surface area contributed by atoms with E-state index in [9.17, 15) is 4.39 Å². The average Bonchev–Trinajstić information content (AvgIpc) is 2.31. The summed E-state index contributed by atoms with van der Waals surface area (Å²) in [6.07, 6.45) is 4.72. The van der Waals surface area contributed by atoms with Gasteiger partial charge in [-0.2, -0.15) is 0 Å². The second kappa shape index (κ2) is 6.19. The van der Waals surface area contributed by atoms with Crippen LogP contribution in [0.25, 0.3) is 0 Å². The maximum atomic E-state index is 14.0. The minimum Gasteiger partial charge on any atom is -0.490 e. The minimum absolute atomic E-state index is 0.0128. The van der Waals surface area contributed by atoms with Crippen LogP contribution in [-0.4, -0.2) is 12.6 Å². The van der Waals surface area contributed by atoms with Gasteiger partial charge in [0.25, 0.3) is 0 Å². The molecule has 0 aliphatic heterocycles. The average molecular weight is 251 g/mol. The highest BCUT2D eigenvalue weighted by Gasteiger charge is 2.23. The van der Waals surface area contributed by atoms with Gasteiger partial charge in [-0.1, -0.05) is 13.0 Å². The maximum Gasteiger partial charge on any atom is 0.131 e. The highest BCUT2D eigenvalue weighted by atomic mass is 19.1. The summed E-state index contributed by atoms with van der Waals surface area (Å²) < 4.78 is 19.9. The van der Waals surface area contributed by atoms with Crippen molar-refractivity contribution in [3.8, 4) is 5.75 Å². The number of rotatable bonds is 6. The smallest absolute Gasteiger partial charge is 0.131 e. The number of halogens is 1. The first-order chi connectivity index (χ1) is 8.72. The van der Waals surface area contributed by atoms with Crippen LogP contribution in [0, 0.1) is 5.82 Å². The first-order valence-electron chi connectivity index (χ1n) is 6.90. The quantitative estimate of drug-likeness (QED) is 0.830. The molecule has 100 valence electrons. The van der Waals surface area contributed by atoms with Crippen LogP contribution in [0.4, 0.5) is 4.39 Å². The van der Waals surface area contributed by atoms with Gasteiger partial charge in [-0.25, -0.2) is 4.39 Å². The summed E-state index contributed by atoms with van der Waals surface area (Å²) in [7, 11) is 0. The first-order valence-corrected chi connectivity index (χ1v) is 6.90. The summed E-state index contributed by atoms with van der Waals surface area (Å²) in [4.78, 5) is 0. The molecule has 0 radical (unpaired) electrons. The second-order valence-electron chi connectivity index (χ2n) is 5.00. The lowest BCUT2D eigenvalue weighted by Crippen LogP contribution is -2.27. The molecule has 0 amide bonds. The van der Waals surface area contributed by atoms with Gasteiger partial charge < -0.3 is 10.1 Å². The van der Waals surface area contributed by atoms with Crippen molar-refractivity contribution in [3.63, 3.8) is 0 Å². The number of ether oxygens (including phenoxy) is 1. The third kappa shape index (κ3) is 3.02. The lowest BCUT2D eigenvalue weighted by molar-refractivity contribution is 0.117. The number of hydrogen-bond donors (Lipinski definition) is 1. The summed E-state index contributed by atoms with van der Waals surface area (Å²) in [6.45, 7) is 4.98. The fourth-order valence-electron chi connectivity index (χ4n) is 2.17. The highest BCUT2D eigenvalue weighted by molar-refractivity contribution is 5.37. The Labute approximate surface area is 109 Å². The minimum atomic E-state index is -0.178. The number of hydrogen-bond acceptors (Lipinski definition) is 2. The third-order valence-electron chi connectivity index (χ3n) is 3.49. The first kappa shape index (κ1) is 13.3. The topological polar surface area (TPSA) is 21.3 Å². The molecular weight excluding hydrogens is 229 g/mol. The standard InChI is InChI=1S/C15H22FNO/c1-3-10-17-11(2)15-13(16)8-5-9-14(15)18-12-6-4-7-12/h5,8-9,11-12,17H,3-4,6-7,10H2,1-2H3. The second-order valence-corrected chi connectivity index (χ2v) is 5.00. The summed E-state index contributed by atoms with van der Waals surface area (Å²) in [5.41, 5.74) is 0.665. The molecule has 2 nitrogen and oxygen atoms in total. The van der Waals surface area contributed by atoms with Crippen molar-refractivity contribution in [1.82, 2.24) is 5.32 Å². The van der Waals surface area contributed by atoms with Crippen LogP contribution in [0.5, 0.6) is 5.75 Å². The van der Waals surface area contributed by atoms with Crippen molar-refractivity contribution in [3.05, 3.63) is 29.6 Å². The van der Waals surface area contributed by atoms with Gasteiger partial charge in [0.2, 0.25) is 0 Å². The van der Waals surface area contributed by atoms with Crippen molar-refractivity contribution in [2.24, 2.45) is 0 Å². The Morgan fingerprint density at radius 1 is 1.44 bits per heavy atom. The molecular formula is C15H22FNO. The molecule has 18 heavy (non-hydrogen) atoms. The summed E-state index contributed by atoms with van der Waals surface area (Å²) in [5, 5.41) is 3.32. The molecule has 0 spiro atoms. The molecule has 1 N–H and O–H groups in total. The molecule has 0 bridgehead atoms. The van der Waals surface area contributed by atoms with Crippen LogP contribution in [0.15, 0.2) is 18.2 Å². The zero-order valence-electron chi connectivity index (χ0n) is 11.2. The van der Waals surface area contributed by atoms with Gasteiger partial charge in [0.05, 0.1) is 6.10 Å². The zero-order valence-corrected chi connectivity index (χ0v) is 11.2. The normalized spacial score (nSPS) is 17.3. The van der Waals surface area contributed by atoms with E-state index in [1.807, 2.05) is 13.0 Å². The molecule has 1 fully saturated rings. The Balaban J connectivity index is 2.14. The van der Waals surface area contributed by atoms with Crippen molar-refractivity contribution >= 4 is 0 Å². The van der Waals surface area contributed by atoms with E-state index >= 15 is 0 Å². The van der Waals surface area contributed by atoms with Gasteiger partial charge in [0.1, 0.15) is 11.6 Å². The SMILES string of the molecule is CCCNC(C)c1c(F)cccc1OC1CCC1. The van der Waals surface area contributed by atoms with Crippen molar-refractivity contribution < 1.29 is 9.13 Å². The largest absolute Gasteiger partial charge is 0.490 e. The van der Waals surface area contributed by atoms with Crippen LogP contribution in [0.3, 0.4) is 0 Å². The van der Waals surface area contributed by atoms with Gasteiger partial charge in [-0.15, -0.1) is 0 Å². The predicted octanol–water partition coefficient (Wildman–Crippen LogP) is 3.82. The molecule has 0 aromatic heterocycles. The van der Waals surface area contributed by atoms with Crippen LogP contribution < -0.4 is 10.1 Å². The van der Waals surface area contributed by atoms with E-state index in [1.165, 1.54) is 12.5 Å². The van der Waals surface area contributed by atoms with Crippen molar-refractivity contribution in [1.29, 1.82) is 0 Å². The number of nitrogens with one attached hydrogen (secondary N) is 1. The lowest BCUT2D eigenvalue weighted by atomic mass is 9.96. The van der Waals surface area contributed by atoms with Gasteiger partial charge in [-0.3, -0.25) is 0 Å². The summed E-state index contributed by atoms with van der Waals surface area (Å²) >= 11 is 0. The van der Waals surface area contributed by atoms with Crippen LogP contribution >= 0.6 is 0 Å². The highest BCUT2D eigenvalue weighted by Crippen LogP contribution is 2.32. The van der Waals surface area contributed by atoms with Gasteiger partial charge in [0, 0.05) is 11.6 Å². The molecule has 1 atom stereocenters. The van der Waals surface area contributed by atoms with E-state index in [0.717, 1.165) is 25.8 Å². The molecule has 0 saturated heterocycles. The van der Waals surface area contributed by atoms with Crippen molar-refractivity contribution in [2.75, 3.05) is 6.54 Å². The van der Waals surface area contributed by atoms with Gasteiger partial charge >= 0.3 is 0 Å². The van der Waals surface area contributed by atoms with Crippen LogP contribution in [0.2, 0.25) is 0 Å². The molecule has 1 unspecified atom stereocenters. The van der Waals surface area contributed by atoms with Gasteiger partial charge in [-0.05, 0) is 51.3 Å². The molecule has 1 aromatic carbocycles. The Hall–Kier alpha value is -1.09. The van der Waals surface area contributed by atoms with Crippen LogP contribution in [-0.2, 0) is 0 Å². The van der Waals surface area contributed by atoms with Gasteiger partial charge in [0.15, 0.2) is 0 Å². The van der Waals surface area contributed by atoms with Crippen LogP contribution in [0.1, 0.15) is 51.1 Å². The monoisotopic (exact) mass is 251 g/mol. The molecule has 1 aromatic rings. The summed E-state index contributed by atoms with van der Waals surface area (Å²) in [5.74, 6) is 0.527. The fraction of sp³-hybridized carbons (Fsp3) is 0.600. The summed E-state index contributed by atoms with van der Waals surface area (Å²) in [6, 6.07) is 5.09. The molecule has 3 heteroatoms. The lowest BCUT2D eigenvalue weighted by Gasteiger charge is -2.28.